The van der Waals surface area contributed by atoms with E-state index >= 15 is 0 Å². The van der Waals surface area contributed by atoms with Gasteiger partial charge in [0.1, 0.15) is 0 Å². The Morgan fingerprint density at radius 3 is 2.79 bits per heavy atom. The zero-order valence-electron chi connectivity index (χ0n) is 10.8. The first-order valence-electron chi connectivity index (χ1n) is 6.27. The molecule has 6 heteroatoms. The van der Waals surface area contributed by atoms with E-state index in [1.54, 1.807) is 13.0 Å². The largest absolute Gasteiger partial charge is 0.298 e. The molecule has 0 bridgehead atoms. The molecular weight excluding hydrogens is 305 g/mol. The molecular formula is C13H17Cl2NO2S. The van der Waals surface area contributed by atoms with E-state index in [9.17, 15) is 8.42 Å². The predicted octanol–water partition coefficient (Wildman–Crippen LogP) is 3.00. The van der Waals surface area contributed by atoms with Gasteiger partial charge in [-0.2, -0.15) is 0 Å². The van der Waals surface area contributed by atoms with Crippen molar-refractivity contribution in [2.24, 2.45) is 0 Å². The fraction of sp³-hybridized carbons (Fsp3) is 0.538. The van der Waals surface area contributed by atoms with Gasteiger partial charge in [0.25, 0.3) is 0 Å². The van der Waals surface area contributed by atoms with Crippen molar-refractivity contribution in [2.75, 3.05) is 18.8 Å². The topological polar surface area (TPSA) is 37.4 Å². The summed E-state index contributed by atoms with van der Waals surface area (Å²) in [6, 6.07) is 5.54. The number of hydrogen-bond donors (Lipinski definition) is 0. The van der Waals surface area contributed by atoms with Crippen LogP contribution in [0, 0.1) is 0 Å². The van der Waals surface area contributed by atoms with E-state index in [0.29, 0.717) is 29.6 Å². The van der Waals surface area contributed by atoms with Crippen LogP contribution in [0.15, 0.2) is 18.2 Å². The van der Waals surface area contributed by atoms with Crippen LogP contribution in [0.3, 0.4) is 0 Å². The lowest BCUT2D eigenvalue weighted by atomic mass is 10.2. The minimum atomic E-state index is -2.94. The number of benzene rings is 1. The Morgan fingerprint density at radius 1 is 1.32 bits per heavy atom. The third-order valence-corrected chi connectivity index (χ3v) is 6.65. The normalized spacial score (nSPS) is 24.1. The highest BCUT2D eigenvalue weighted by Crippen LogP contribution is 2.27. The molecule has 1 saturated heterocycles. The molecule has 1 aromatic carbocycles. The van der Waals surface area contributed by atoms with Crippen LogP contribution in [0.5, 0.6) is 0 Å². The number of halogens is 2. The first-order chi connectivity index (χ1) is 8.90. The average Bonchev–Trinajstić information content (AvgIpc) is 2.48. The molecule has 19 heavy (non-hydrogen) atoms. The Morgan fingerprint density at radius 2 is 2.05 bits per heavy atom. The van der Waals surface area contributed by atoms with E-state index < -0.39 is 9.84 Å². The first-order valence-corrected chi connectivity index (χ1v) is 8.74. The molecule has 0 amide bonds. The third-order valence-electron chi connectivity index (χ3n) is 3.58. The molecule has 0 spiro atoms. The van der Waals surface area contributed by atoms with Gasteiger partial charge in [0.05, 0.1) is 21.0 Å². The van der Waals surface area contributed by atoms with Crippen molar-refractivity contribution in [3.8, 4) is 0 Å². The zero-order valence-corrected chi connectivity index (χ0v) is 13.1. The molecule has 1 heterocycles. The first kappa shape index (κ1) is 15.1. The quantitative estimate of drug-likeness (QED) is 0.840. The van der Waals surface area contributed by atoms with Crippen LogP contribution < -0.4 is 0 Å². The van der Waals surface area contributed by atoms with E-state index in [4.69, 9.17) is 23.2 Å². The summed E-state index contributed by atoms with van der Waals surface area (Å²) < 4.78 is 23.7. The number of nitrogens with zero attached hydrogens (tertiary/aromatic N) is 1. The summed E-state index contributed by atoms with van der Waals surface area (Å²) in [5.41, 5.74) is 0.945. The number of rotatable bonds is 2. The van der Waals surface area contributed by atoms with Gasteiger partial charge < -0.3 is 0 Å². The van der Waals surface area contributed by atoms with Crippen LogP contribution in [-0.2, 0) is 16.4 Å². The summed E-state index contributed by atoms with van der Waals surface area (Å²) in [6.07, 6.45) is 0.667. The molecule has 106 valence electrons. The molecule has 2 rings (SSSR count). The third kappa shape index (κ3) is 3.63. The maximum absolute atomic E-state index is 11.8. The fourth-order valence-electron chi connectivity index (χ4n) is 2.18. The Kier molecular flexibility index (Phi) is 4.77. The fourth-order valence-corrected chi connectivity index (χ4v) is 3.94. The van der Waals surface area contributed by atoms with Crippen LogP contribution in [0.2, 0.25) is 10.0 Å². The maximum Gasteiger partial charge on any atom is 0.154 e. The monoisotopic (exact) mass is 321 g/mol. The van der Waals surface area contributed by atoms with Crippen LogP contribution in [-0.4, -0.2) is 37.4 Å². The summed E-state index contributed by atoms with van der Waals surface area (Å²) in [5.74, 6) is 0.215. The van der Waals surface area contributed by atoms with E-state index in [1.807, 2.05) is 12.1 Å². The van der Waals surface area contributed by atoms with Crippen LogP contribution in [0.1, 0.15) is 18.9 Å². The summed E-state index contributed by atoms with van der Waals surface area (Å²) in [5, 5.41) is 0.839. The highest BCUT2D eigenvalue weighted by atomic mass is 35.5. The minimum Gasteiger partial charge on any atom is -0.298 e. The van der Waals surface area contributed by atoms with E-state index in [2.05, 4.69) is 4.90 Å². The van der Waals surface area contributed by atoms with Crippen molar-refractivity contribution in [1.82, 2.24) is 4.90 Å². The Hall–Kier alpha value is -0.290. The molecule has 0 aliphatic carbocycles. The van der Waals surface area contributed by atoms with Crippen molar-refractivity contribution < 1.29 is 8.42 Å². The molecule has 0 saturated carbocycles. The highest BCUT2D eigenvalue weighted by Gasteiger charge is 2.26. The summed E-state index contributed by atoms with van der Waals surface area (Å²) in [6.45, 7) is 3.74. The molecule has 1 fully saturated rings. The van der Waals surface area contributed by atoms with Gasteiger partial charge in [0, 0.05) is 13.1 Å². The second-order valence-electron chi connectivity index (χ2n) is 4.96. The Balaban J connectivity index is 2.10. The number of sulfone groups is 1. The molecule has 1 unspecified atom stereocenters. The van der Waals surface area contributed by atoms with Gasteiger partial charge in [-0.05, 0) is 31.5 Å². The molecule has 1 aromatic rings. The smallest absolute Gasteiger partial charge is 0.154 e. The molecule has 3 nitrogen and oxygen atoms in total. The van der Waals surface area contributed by atoms with Crippen molar-refractivity contribution >= 4 is 33.0 Å². The minimum absolute atomic E-state index is 0.215. The van der Waals surface area contributed by atoms with Crippen molar-refractivity contribution in [1.29, 1.82) is 0 Å². The van der Waals surface area contributed by atoms with E-state index in [1.165, 1.54) is 0 Å². The Bertz CT molecular complexity index is 560. The average molecular weight is 322 g/mol. The molecule has 1 atom stereocenters. The lowest BCUT2D eigenvalue weighted by molar-refractivity contribution is 0.283. The number of hydrogen-bond acceptors (Lipinski definition) is 3. The lowest BCUT2D eigenvalue weighted by Gasteiger charge is -2.20. The van der Waals surface area contributed by atoms with Gasteiger partial charge in [-0.15, -0.1) is 0 Å². The highest BCUT2D eigenvalue weighted by molar-refractivity contribution is 7.92. The van der Waals surface area contributed by atoms with Crippen LogP contribution in [0.4, 0.5) is 0 Å². The van der Waals surface area contributed by atoms with Gasteiger partial charge >= 0.3 is 0 Å². The standard InChI is InChI=1S/C13H17Cl2NO2S/c1-10-5-6-16(7-8-19(10,17)18)9-11-3-2-4-12(14)13(11)15/h2-4,10H,5-9H2,1H3. The summed E-state index contributed by atoms with van der Waals surface area (Å²) >= 11 is 12.1. The molecule has 0 N–H and O–H groups in total. The van der Waals surface area contributed by atoms with Gasteiger partial charge in [0.15, 0.2) is 9.84 Å². The SMILES string of the molecule is CC1CCN(Cc2cccc(Cl)c2Cl)CCS1(=O)=O. The molecule has 1 aliphatic heterocycles. The summed E-state index contributed by atoms with van der Waals surface area (Å²) in [7, 11) is -2.94. The van der Waals surface area contributed by atoms with Crippen molar-refractivity contribution in [2.45, 2.75) is 25.1 Å². The molecule has 1 aliphatic rings. The van der Waals surface area contributed by atoms with Crippen LogP contribution >= 0.6 is 23.2 Å². The predicted molar refractivity (Wildman–Crippen MR) is 79.6 cm³/mol. The Labute approximate surface area is 124 Å². The van der Waals surface area contributed by atoms with Crippen molar-refractivity contribution in [3.63, 3.8) is 0 Å². The van der Waals surface area contributed by atoms with Crippen LogP contribution in [0.25, 0.3) is 0 Å². The van der Waals surface area contributed by atoms with Crippen molar-refractivity contribution in [3.05, 3.63) is 33.8 Å². The summed E-state index contributed by atoms with van der Waals surface area (Å²) in [4.78, 5) is 2.12. The molecule has 0 aromatic heterocycles. The van der Waals surface area contributed by atoms with E-state index in [-0.39, 0.29) is 11.0 Å². The van der Waals surface area contributed by atoms with Gasteiger partial charge in [-0.3, -0.25) is 4.90 Å². The van der Waals surface area contributed by atoms with Gasteiger partial charge in [-0.25, -0.2) is 8.42 Å². The second-order valence-corrected chi connectivity index (χ2v) is 8.28. The lowest BCUT2D eigenvalue weighted by Crippen LogP contribution is -2.26. The van der Waals surface area contributed by atoms with E-state index in [0.717, 1.165) is 12.1 Å². The van der Waals surface area contributed by atoms with Gasteiger partial charge in [-0.1, -0.05) is 35.3 Å². The van der Waals surface area contributed by atoms with Gasteiger partial charge in [0.2, 0.25) is 0 Å². The zero-order chi connectivity index (χ0) is 14.0. The maximum atomic E-state index is 11.8. The second kappa shape index (κ2) is 6.00. The molecule has 0 radical (unpaired) electrons.